The molecule has 1 aromatic heterocycles. The van der Waals surface area contributed by atoms with Gasteiger partial charge in [0.1, 0.15) is 0 Å². The number of carbonyl (C=O) groups excluding carboxylic acids is 1. The van der Waals surface area contributed by atoms with Gasteiger partial charge in [0.2, 0.25) is 0 Å². The van der Waals surface area contributed by atoms with E-state index in [0.29, 0.717) is 0 Å². The summed E-state index contributed by atoms with van der Waals surface area (Å²) in [5.41, 5.74) is 1.07. The maximum absolute atomic E-state index is 11.3. The Morgan fingerprint density at radius 3 is 2.18 bits per heavy atom. The molecule has 0 amide bonds. The molecule has 1 aromatic carbocycles. The van der Waals surface area contributed by atoms with Gasteiger partial charge in [-0.05, 0) is 31.2 Å². The van der Waals surface area contributed by atoms with Gasteiger partial charge in [-0.2, -0.15) is 0 Å². The summed E-state index contributed by atoms with van der Waals surface area (Å²) in [6, 6.07) is 7.82. The average Bonchev–Trinajstić information content (AvgIpc) is 2.65. The lowest BCUT2D eigenvalue weighted by atomic mass is 10.2. The Kier molecular flexibility index (Phi) is 4.23. The first-order chi connectivity index (χ1) is 7.99. The van der Waals surface area contributed by atoms with Crippen molar-refractivity contribution in [3.63, 3.8) is 0 Å². The summed E-state index contributed by atoms with van der Waals surface area (Å²) in [4.78, 5) is 13.1. The van der Waals surface area contributed by atoms with Gasteiger partial charge in [-0.1, -0.05) is 47.8 Å². The highest BCUT2D eigenvalue weighted by Crippen LogP contribution is 2.40. The standard InChI is InChI=1S/C12H7Br3OS/c1-6(16)10-2-3-11(17-10)12-8(14)4-7(13)5-9(12)15/h2-5H,1H3. The maximum atomic E-state index is 11.3. The molecular weight excluding hydrogens is 432 g/mol. The van der Waals surface area contributed by atoms with Gasteiger partial charge in [0.15, 0.2) is 5.78 Å². The average molecular weight is 439 g/mol. The van der Waals surface area contributed by atoms with Gasteiger partial charge in [-0.25, -0.2) is 0 Å². The maximum Gasteiger partial charge on any atom is 0.169 e. The number of thiophene rings is 1. The highest BCUT2D eigenvalue weighted by molar-refractivity contribution is 9.11. The normalized spacial score (nSPS) is 10.6. The summed E-state index contributed by atoms with van der Waals surface area (Å²) in [7, 11) is 0. The first-order valence-electron chi connectivity index (χ1n) is 4.74. The van der Waals surface area contributed by atoms with Gasteiger partial charge in [-0.3, -0.25) is 4.79 Å². The lowest BCUT2D eigenvalue weighted by Crippen LogP contribution is -1.83. The topological polar surface area (TPSA) is 17.1 Å². The Labute approximate surface area is 129 Å². The summed E-state index contributed by atoms with van der Waals surface area (Å²) in [6.07, 6.45) is 0. The zero-order valence-electron chi connectivity index (χ0n) is 8.76. The van der Waals surface area contributed by atoms with Crippen LogP contribution in [0.4, 0.5) is 0 Å². The van der Waals surface area contributed by atoms with Crippen molar-refractivity contribution in [1.82, 2.24) is 0 Å². The Morgan fingerprint density at radius 1 is 1.12 bits per heavy atom. The van der Waals surface area contributed by atoms with Crippen LogP contribution in [0.3, 0.4) is 0 Å². The Bertz CT molecular complexity index is 566. The van der Waals surface area contributed by atoms with E-state index >= 15 is 0 Å². The third-order valence-electron chi connectivity index (χ3n) is 2.21. The number of ketones is 1. The van der Waals surface area contributed by atoms with E-state index < -0.39 is 0 Å². The molecule has 0 N–H and O–H groups in total. The molecule has 0 aliphatic rings. The zero-order valence-corrected chi connectivity index (χ0v) is 14.3. The van der Waals surface area contributed by atoms with Crippen molar-refractivity contribution in [3.8, 4) is 10.4 Å². The first-order valence-corrected chi connectivity index (χ1v) is 7.94. The molecule has 0 unspecified atom stereocenters. The second-order valence-corrected chi connectivity index (χ2v) is 7.17. The molecule has 0 fully saturated rings. The van der Waals surface area contributed by atoms with Gasteiger partial charge in [0.05, 0.1) is 4.88 Å². The molecule has 0 saturated heterocycles. The monoisotopic (exact) mass is 436 g/mol. The number of hydrogen-bond acceptors (Lipinski definition) is 2. The fourth-order valence-electron chi connectivity index (χ4n) is 1.44. The second-order valence-electron chi connectivity index (χ2n) is 3.46. The van der Waals surface area contributed by atoms with Crippen LogP contribution in [-0.4, -0.2) is 5.78 Å². The van der Waals surface area contributed by atoms with Crippen molar-refractivity contribution in [2.75, 3.05) is 0 Å². The molecule has 1 nitrogen and oxygen atoms in total. The number of benzene rings is 1. The molecule has 5 heteroatoms. The van der Waals surface area contributed by atoms with Crippen molar-refractivity contribution in [3.05, 3.63) is 42.6 Å². The van der Waals surface area contributed by atoms with Crippen molar-refractivity contribution in [2.24, 2.45) is 0 Å². The van der Waals surface area contributed by atoms with E-state index in [-0.39, 0.29) is 5.78 Å². The predicted octanol–water partition coefficient (Wildman–Crippen LogP) is 5.91. The molecule has 0 radical (unpaired) electrons. The van der Waals surface area contributed by atoms with Crippen LogP contribution < -0.4 is 0 Å². The van der Waals surface area contributed by atoms with Crippen molar-refractivity contribution >= 4 is 64.9 Å². The summed E-state index contributed by atoms with van der Waals surface area (Å²) < 4.78 is 3.00. The fourth-order valence-corrected chi connectivity index (χ4v) is 5.36. The van der Waals surface area contributed by atoms with Gasteiger partial charge >= 0.3 is 0 Å². The molecule has 2 aromatic rings. The lowest BCUT2D eigenvalue weighted by Gasteiger charge is -2.05. The minimum absolute atomic E-state index is 0.102. The van der Waals surface area contributed by atoms with E-state index in [1.807, 2.05) is 24.3 Å². The summed E-state index contributed by atoms with van der Waals surface area (Å²) in [5, 5.41) is 0. The van der Waals surface area contributed by atoms with Crippen LogP contribution in [0, 0.1) is 0 Å². The van der Waals surface area contributed by atoms with Gasteiger partial charge in [0.25, 0.3) is 0 Å². The van der Waals surface area contributed by atoms with Crippen LogP contribution in [0.2, 0.25) is 0 Å². The number of carbonyl (C=O) groups is 1. The fraction of sp³-hybridized carbons (Fsp3) is 0.0833. The van der Waals surface area contributed by atoms with Crippen LogP contribution in [0.25, 0.3) is 10.4 Å². The molecule has 0 bridgehead atoms. The molecule has 88 valence electrons. The third-order valence-corrected chi connectivity index (χ3v) is 5.12. The highest BCUT2D eigenvalue weighted by Gasteiger charge is 2.13. The quantitative estimate of drug-likeness (QED) is 0.533. The van der Waals surface area contributed by atoms with Gasteiger partial charge in [0, 0.05) is 23.9 Å². The van der Waals surface area contributed by atoms with Gasteiger partial charge in [-0.15, -0.1) is 11.3 Å². The number of Topliss-reactive ketones (excluding diaryl/α,β-unsaturated/α-hetero) is 1. The Hall–Kier alpha value is 0.0300. The SMILES string of the molecule is CC(=O)c1ccc(-c2c(Br)cc(Br)cc2Br)s1. The van der Waals surface area contributed by atoms with Crippen molar-refractivity contribution < 1.29 is 4.79 Å². The summed E-state index contributed by atoms with van der Waals surface area (Å²) in [5.74, 6) is 0.102. The van der Waals surface area contributed by atoms with E-state index in [2.05, 4.69) is 47.8 Å². The van der Waals surface area contributed by atoms with Crippen molar-refractivity contribution in [1.29, 1.82) is 0 Å². The number of halogens is 3. The molecule has 0 atom stereocenters. The molecule has 0 aliphatic heterocycles. The van der Waals surface area contributed by atoms with E-state index in [9.17, 15) is 4.79 Å². The number of rotatable bonds is 2. The van der Waals surface area contributed by atoms with Crippen LogP contribution in [-0.2, 0) is 0 Å². The lowest BCUT2D eigenvalue weighted by molar-refractivity contribution is 0.102. The summed E-state index contributed by atoms with van der Waals surface area (Å²) >= 11 is 12.0. The van der Waals surface area contributed by atoms with Crippen molar-refractivity contribution in [2.45, 2.75) is 6.92 Å². The smallest absolute Gasteiger partial charge is 0.169 e. The molecular formula is C12H7Br3OS. The first kappa shape index (κ1) is 13.5. The predicted molar refractivity (Wildman–Crippen MR) is 82.9 cm³/mol. The van der Waals surface area contributed by atoms with E-state index in [1.54, 1.807) is 6.92 Å². The summed E-state index contributed by atoms with van der Waals surface area (Å²) in [6.45, 7) is 1.58. The molecule has 0 spiro atoms. The second kappa shape index (κ2) is 5.34. The van der Waals surface area contributed by atoms with Gasteiger partial charge < -0.3 is 0 Å². The minimum atomic E-state index is 0.102. The molecule has 2 rings (SSSR count). The largest absolute Gasteiger partial charge is 0.294 e. The molecule has 17 heavy (non-hydrogen) atoms. The van der Waals surface area contributed by atoms with Crippen LogP contribution in [0.5, 0.6) is 0 Å². The minimum Gasteiger partial charge on any atom is -0.294 e. The third kappa shape index (κ3) is 2.89. The van der Waals surface area contributed by atoms with E-state index in [4.69, 9.17) is 0 Å². The molecule has 0 aliphatic carbocycles. The highest BCUT2D eigenvalue weighted by atomic mass is 79.9. The number of hydrogen-bond donors (Lipinski definition) is 0. The molecule has 0 saturated carbocycles. The Balaban J connectivity index is 2.56. The van der Waals surface area contributed by atoms with Crippen LogP contribution >= 0.6 is 59.1 Å². The van der Waals surface area contributed by atoms with E-state index in [0.717, 1.165) is 28.7 Å². The van der Waals surface area contributed by atoms with E-state index in [1.165, 1.54) is 11.3 Å². The van der Waals surface area contributed by atoms with Crippen LogP contribution in [0.1, 0.15) is 16.6 Å². The zero-order chi connectivity index (χ0) is 12.6. The molecule has 1 heterocycles. The Morgan fingerprint density at radius 2 is 1.71 bits per heavy atom. The van der Waals surface area contributed by atoms with Crippen LogP contribution in [0.15, 0.2) is 37.7 Å².